The second-order valence-corrected chi connectivity index (χ2v) is 6.69. The predicted molar refractivity (Wildman–Crippen MR) is 101 cm³/mol. The molecule has 0 unspecified atom stereocenters. The van der Waals surface area contributed by atoms with Crippen LogP contribution in [0.25, 0.3) is 11.0 Å². The molecule has 26 heavy (non-hydrogen) atoms. The molecule has 0 atom stereocenters. The Morgan fingerprint density at radius 3 is 2.62 bits per heavy atom. The third-order valence-corrected chi connectivity index (χ3v) is 4.97. The number of amides is 1. The van der Waals surface area contributed by atoms with Crippen molar-refractivity contribution in [2.24, 2.45) is 0 Å². The van der Waals surface area contributed by atoms with Gasteiger partial charge in [0.2, 0.25) is 0 Å². The lowest BCUT2D eigenvalue weighted by Crippen LogP contribution is -2.30. The van der Waals surface area contributed by atoms with Gasteiger partial charge in [-0.05, 0) is 44.4 Å². The van der Waals surface area contributed by atoms with Gasteiger partial charge in [-0.25, -0.2) is 4.39 Å². The van der Waals surface area contributed by atoms with Gasteiger partial charge in [0.1, 0.15) is 0 Å². The van der Waals surface area contributed by atoms with Gasteiger partial charge < -0.3 is 14.6 Å². The zero-order chi connectivity index (χ0) is 18.1. The van der Waals surface area contributed by atoms with Crippen molar-refractivity contribution in [3.05, 3.63) is 59.6 Å². The Kier molecular flexibility index (Phi) is 4.37. The van der Waals surface area contributed by atoms with E-state index in [1.54, 1.807) is 19.1 Å². The van der Waals surface area contributed by atoms with Crippen molar-refractivity contribution in [2.45, 2.75) is 26.2 Å². The number of para-hydroxylation sites is 3. The van der Waals surface area contributed by atoms with E-state index in [1.807, 2.05) is 24.3 Å². The third-order valence-electron chi connectivity index (χ3n) is 4.97. The number of benzene rings is 2. The lowest BCUT2D eigenvalue weighted by molar-refractivity contribution is 0.0997. The van der Waals surface area contributed by atoms with Crippen LogP contribution in [0.1, 0.15) is 35.4 Å². The predicted octanol–water partition coefficient (Wildman–Crippen LogP) is 5.12. The number of fused-ring (bicyclic) bond motifs is 1. The Morgan fingerprint density at radius 1 is 1.08 bits per heavy atom. The van der Waals surface area contributed by atoms with Crippen LogP contribution in [0.5, 0.6) is 0 Å². The molecule has 0 radical (unpaired) electrons. The topological polar surface area (TPSA) is 45.5 Å². The van der Waals surface area contributed by atoms with Gasteiger partial charge >= 0.3 is 0 Å². The van der Waals surface area contributed by atoms with Crippen LogP contribution >= 0.6 is 0 Å². The van der Waals surface area contributed by atoms with Crippen LogP contribution in [-0.2, 0) is 0 Å². The number of rotatable bonds is 3. The lowest BCUT2D eigenvalue weighted by atomic mass is 10.1. The van der Waals surface area contributed by atoms with Crippen molar-refractivity contribution in [1.29, 1.82) is 0 Å². The van der Waals surface area contributed by atoms with E-state index < -0.39 is 5.82 Å². The molecule has 1 saturated heterocycles. The van der Waals surface area contributed by atoms with Crippen LogP contribution < -0.4 is 10.2 Å². The van der Waals surface area contributed by atoms with Crippen LogP contribution in [0.4, 0.5) is 15.8 Å². The summed E-state index contributed by atoms with van der Waals surface area (Å²) >= 11 is 0. The zero-order valence-corrected chi connectivity index (χ0v) is 14.7. The number of carbonyl (C=O) groups is 1. The van der Waals surface area contributed by atoms with E-state index in [-0.39, 0.29) is 17.3 Å². The number of aryl methyl sites for hydroxylation is 1. The average molecular weight is 352 g/mol. The monoisotopic (exact) mass is 352 g/mol. The average Bonchev–Trinajstić information content (AvgIpc) is 3.01. The SMILES string of the molecule is Cc1c(C(=O)Nc2ccccc2N2CCCCC2)oc2c(F)cccc12. The molecule has 4 rings (SSSR count). The first-order valence-electron chi connectivity index (χ1n) is 8.98. The smallest absolute Gasteiger partial charge is 0.291 e. The Morgan fingerprint density at radius 2 is 1.85 bits per heavy atom. The largest absolute Gasteiger partial charge is 0.448 e. The first-order chi connectivity index (χ1) is 12.6. The summed E-state index contributed by atoms with van der Waals surface area (Å²) in [6.07, 6.45) is 3.56. The summed E-state index contributed by atoms with van der Waals surface area (Å²) < 4.78 is 19.5. The summed E-state index contributed by atoms with van der Waals surface area (Å²) in [6.45, 7) is 3.75. The molecule has 0 bridgehead atoms. The minimum absolute atomic E-state index is 0.125. The summed E-state index contributed by atoms with van der Waals surface area (Å²) in [5.74, 6) is -0.667. The summed E-state index contributed by atoms with van der Waals surface area (Å²) in [5, 5.41) is 3.57. The summed E-state index contributed by atoms with van der Waals surface area (Å²) in [7, 11) is 0. The highest BCUT2D eigenvalue weighted by molar-refractivity contribution is 6.07. The first-order valence-corrected chi connectivity index (χ1v) is 8.98. The molecule has 2 aromatic carbocycles. The molecule has 1 amide bonds. The van der Waals surface area contributed by atoms with Crippen LogP contribution in [0.15, 0.2) is 46.9 Å². The van der Waals surface area contributed by atoms with Crippen molar-refractivity contribution < 1.29 is 13.6 Å². The number of nitrogens with one attached hydrogen (secondary N) is 1. The second-order valence-electron chi connectivity index (χ2n) is 6.69. The Bertz CT molecular complexity index is 958. The summed E-state index contributed by atoms with van der Waals surface area (Å²) in [4.78, 5) is 15.1. The summed E-state index contributed by atoms with van der Waals surface area (Å²) in [5.41, 5.74) is 2.53. The van der Waals surface area contributed by atoms with E-state index in [9.17, 15) is 9.18 Å². The molecular weight excluding hydrogens is 331 g/mol. The Labute approximate surface area is 151 Å². The highest BCUT2D eigenvalue weighted by atomic mass is 19.1. The number of halogens is 1. The first kappa shape index (κ1) is 16.6. The molecular formula is C21H21FN2O2. The van der Waals surface area contributed by atoms with Gasteiger partial charge in [-0.1, -0.05) is 24.3 Å². The Hall–Kier alpha value is -2.82. The molecule has 2 heterocycles. The maximum atomic E-state index is 13.9. The van der Waals surface area contributed by atoms with Crippen molar-refractivity contribution in [1.82, 2.24) is 0 Å². The van der Waals surface area contributed by atoms with Crippen LogP contribution in [0, 0.1) is 12.7 Å². The number of hydrogen-bond donors (Lipinski definition) is 1. The van der Waals surface area contributed by atoms with E-state index in [1.165, 1.54) is 12.5 Å². The van der Waals surface area contributed by atoms with E-state index in [4.69, 9.17) is 4.42 Å². The highest BCUT2D eigenvalue weighted by Crippen LogP contribution is 2.31. The normalized spacial score (nSPS) is 14.6. The van der Waals surface area contributed by atoms with Crippen molar-refractivity contribution in [3.63, 3.8) is 0 Å². The van der Waals surface area contributed by atoms with Gasteiger partial charge in [0, 0.05) is 24.0 Å². The molecule has 0 aliphatic carbocycles. The molecule has 0 spiro atoms. The standard InChI is InChI=1S/C21H21FN2O2/c1-14-15-8-7-9-16(22)20(15)26-19(14)21(25)23-17-10-3-4-11-18(17)24-12-5-2-6-13-24/h3-4,7-11H,2,5-6,12-13H2,1H3,(H,23,25). The van der Waals surface area contributed by atoms with E-state index >= 15 is 0 Å². The maximum Gasteiger partial charge on any atom is 0.291 e. The van der Waals surface area contributed by atoms with E-state index in [0.29, 0.717) is 10.9 Å². The molecule has 1 N–H and O–H groups in total. The van der Waals surface area contributed by atoms with Crippen LogP contribution in [0.2, 0.25) is 0 Å². The molecule has 5 heteroatoms. The second kappa shape index (κ2) is 6.83. The molecule has 1 aliphatic rings. The number of anilines is 2. The van der Waals surface area contributed by atoms with Gasteiger partial charge in [0.05, 0.1) is 11.4 Å². The van der Waals surface area contributed by atoms with E-state index in [2.05, 4.69) is 10.2 Å². The molecule has 3 aromatic rings. The molecule has 1 aromatic heterocycles. The zero-order valence-electron chi connectivity index (χ0n) is 14.7. The van der Waals surface area contributed by atoms with E-state index in [0.717, 1.165) is 37.3 Å². The molecule has 134 valence electrons. The lowest BCUT2D eigenvalue weighted by Gasteiger charge is -2.30. The third kappa shape index (κ3) is 2.94. The Balaban J connectivity index is 1.65. The number of nitrogens with zero attached hydrogens (tertiary/aromatic N) is 1. The number of piperidine rings is 1. The van der Waals surface area contributed by atoms with Gasteiger partial charge in [0.15, 0.2) is 17.2 Å². The van der Waals surface area contributed by atoms with Gasteiger partial charge in [-0.15, -0.1) is 0 Å². The highest BCUT2D eigenvalue weighted by Gasteiger charge is 2.21. The van der Waals surface area contributed by atoms with Gasteiger partial charge in [-0.3, -0.25) is 4.79 Å². The van der Waals surface area contributed by atoms with Gasteiger partial charge in [-0.2, -0.15) is 0 Å². The number of hydrogen-bond acceptors (Lipinski definition) is 3. The van der Waals surface area contributed by atoms with Crippen molar-refractivity contribution in [2.75, 3.05) is 23.3 Å². The quantitative estimate of drug-likeness (QED) is 0.711. The summed E-state index contributed by atoms with van der Waals surface area (Å²) in [6, 6.07) is 12.5. The number of carbonyl (C=O) groups excluding carboxylic acids is 1. The molecule has 0 saturated carbocycles. The fourth-order valence-corrected chi connectivity index (χ4v) is 3.59. The van der Waals surface area contributed by atoms with Crippen LogP contribution in [-0.4, -0.2) is 19.0 Å². The van der Waals surface area contributed by atoms with Gasteiger partial charge in [0.25, 0.3) is 5.91 Å². The van der Waals surface area contributed by atoms with Crippen molar-refractivity contribution in [3.8, 4) is 0 Å². The molecule has 1 fully saturated rings. The fraction of sp³-hybridized carbons (Fsp3) is 0.286. The van der Waals surface area contributed by atoms with Crippen LogP contribution in [0.3, 0.4) is 0 Å². The maximum absolute atomic E-state index is 13.9. The molecule has 4 nitrogen and oxygen atoms in total. The molecule has 1 aliphatic heterocycles. The minimum Gasteiger partial charge on any atom is -0.448 e. The fourth-order valence-electron chi connectivity index (χ4n) is 3.59. The van der Waals surface area contributed by atoms with Crippen molar-refractivity contribution >= 4 is 28.3 Å². The number of furan rings is 1. The minimum atomic E-state index is -0.460.